The van der Waals surface area contributed by atoms with Crippen LogP contribution in [-0.4, -0.2) is 58.2 Å². The minimum absolute atomic E-state index is 0.109. The Hall–Kier alpha value is -3.43. The first-order valence-corrected chi connectivity index (χ1v) is 9.67. The molecule has 2 aliphatic rings. The smallest absolute Gasteiger partial charge is 0.421 e. The van der Waals surface area contributed by atoms with Crippen LogP contribution >= 0.6 is 0 Å². The summed E-state index contributed by atoms with van der Waals surface area (Å²) in [5.41, 5.74) is -0.246. The van der Waals surface area contributed by atoms with Crippen molar-refractivity contribution in [3.63, 3.8) is 0 Å². The second kappa shape index (κ2) is 8.01. The summed E-state index contributed by atoms with van der Waals surface area (Å²) in [7, 11) is 0. The standard InChI is InChI=1S/C21H18F3N3O4/c22-21(23,24)16-7-3-9-25-18(16)31-13-11-26(12-13)17(28)8-4-10-27-19(29)14-5-1-2-6-15(14)20(27)30/h1-3,5-7,9,13H,4,8,10-12H2. The van der Waals surface area contributed by atoms with Crippen molar-refractivity contribution >= 4 is 17.7 Å². The number of carbonyl (C=O) groups is 3. The van der Waals surface area contributed by atoms with E-state index in [1.165, 1.54) is 17.2 Å². The SMILES string of the molecule is O=C(CCCN1C(=O)c2ccccc2C1=O)N1CC(Oc2ncccc2C(F)(F)F)C1. The molecule has 0 saturated carbocycles. The van der Waals surface area contributed by atoms with E-state index in [2.05, 4.69) is 4.98 Å². The third-order valence-corrected chi connectivity index (χ3v) is 5.21. The number of aromatic nitrogens is 1. The average molecular weight is 433 g/mol. The maximum Gasteiger partial charge on any atom is 0.421 e. The lowest BCUT2D eigenvalue weighted by molar-refractivity contribution is -0.145. The molecule has 2 aliphatic heterocycles. The molecule has 0 radical (unpaired) electrons. The third kappa shape index (κ3) is 4.10. The van der Waals surface area contributed by atoms with E-state index in [-0.39, 0.29) is 43.8 Å². The van der Waals surface area contributed by atoms with Gasteiger partial charge in [-0.25, -0.2) is 4.98 Å². The summed E-state index contributed by atoms with van der Waals surface area (Å²) in [6, 6.07) is 8.62. The summed E-state index contributed by atoms with van der Waals surface area (Å²) >= 11 is 0. The third-order valence-electron chi connectivity index (χ3n) is 5.21. The minimum Gasteiger partial charge on any atom is -0.470 e. The highest BCUT2D eigenvalue weighted by atomic mass is 19.4. The zero-order chi connectivity index (χ0) is 22.2. The van der Waals surface area contributed by atoms with E-state index < -0.39 is 23.7 Å². The number of likely N-dealkylation sites (tertiary alicyclic amines) is 1. The van der Waals surface area contributed by atoms with Crippen LogP contribution in [0.2, 0.25) is 0 Å². The molecular formula is C21H18F3N3O4. The van der Waals surface area contributed by atoms with Gasteiger partial charge in [-0.3, -0.25) is 19.3 Å². The molecular weight excluding hydrogens is 415 g/mol. The predicted molar refractivity (Wildman–Crippen MR) is 101 cm³/mol. The minimum atomic E-state index is -4.58. The molecule has 1 fully saturated rings. The van der Waals surface area contributed by atoms with E-state index in [0.29, 0.717) is 17.5 Å². The lowest BCUT2D eigenvalue weighted by Gasteiger charge is -2.39. The molecule has 31 heavy (non-hydrogen) atoms. The monoisotopic (exact) mass is 433 g/mol. The van der Waals surface area contributed by atoms with Gasteiger partial charge in [0.25, 0.3) is 11.8 Å². The Morgan fingerprint density at radius 1 is 1.06 bits per heavy atom. The van der Waals surface area contributed by atoms with E-state index in [9.17, 15) is 27.6 Å². The number of imide groups is 1. The Morgan fingerprint density at radius 3 is 2.32 bits per heavy atom. The van der Waals surface area contributed by atoms with Crippen LogP contribution in [0.1, 0.15) is 39.1 Å². The van der Waals surface area contributed by atoms with Gasteiger partial charge >= 0.3 is 6.18 Å². The van der Waals surface area contributed by atoms with Gasteiger partial charge in [-0.05, 0) is 30.7 Å². The summed E-state index contributed by atoms with van der Waals surface area (Å²) in [6.45, 7) is 0.425. The van der Waals surface area contributed by atoms with Crippen LogP contribution in [0.3, 0.4) is 0 Å². The van der Waals surface area contributed by atoms with Gasteiger partial charge in [0.1, 0.15) is 11.7 Å². The lowest BCUT2D eigenvalue weighted by Crippen LogP contribution is -2.56. The van der Waals surface area contributed by atoms with Gasteiger partial charge in [0.2, 0.25) is 11.8 Å². The highest BCUT2D eigenvalue weighted by Crippen LogP contribution is 2.35. The van der Waals surface area contributed by atoms with Crippen LogP contribution in [-0.2, 0) is 11.0 Å². The number of halogens is 3. The molecule has 1 aromatic carbocycles. The molecule has 1 saturated heterocycles. The molecule has 0 unspecified atom stereocenters. The van der Waals surface area contributed by atoms with Crippen molar-refractivity contribution < 1.29 is 32.3 Å². The highest BCUT2D eigenvalue weighted by molar-refractivity contribution is 6.21. The fourth-order valence-electron chi connectivity index (χ4n) is 3.56. The molecule has 1 aromatic heterocycles. The number of alkyl halides is 3. The molecule has 0 bridgehead atoms. The Bertz CT molecular complexity index is 1000. The maximum absolute atomic E-state index is 13.0. The fourth-order valence-corrected chi connectivity index (χ4v) is 3.56. The molecule has 0 N–H and O–H groups in total. The summed E-state index contributed by atoms with van der Waals surface area (Å²) in [4.78, 5) is 43.1. The van der Waals surface area contributed by atoms with Crippen molar-refractivity contribution in [2.45, 2.75) is 25.1 Å². The number of amides is 3. The number of rotatable bonds is 6. The number of benzene rings is 1. The van der Waals surface area contributed by atoms with Gasteiger partial charge < -0.3 is 9.64 Å². The Labute approximate surface area is 175 Å². The largest absolute Gasteiger partial charge is 0.470 e. The quantitative estimate of drug-likeness (QED) is 0.655. The molecule has 3 heterocycles. The van der Waals surface area contributed by atoms with Gasteiger partial charge in [0.15, 0.2) is 0 Å². The van der Waals surface area contributed by atoms with Crippen molar-refractivity contribution in [3.05, 3.63) is 59.3 Å². The summed E-state index contributed by atoms with van der Waals surface area (Å²) < 4.78 is 44.3. The molecule has 0 spiro atoms. The summed E-state index contributed by atoms with van der Waals surface area (Å²) in [6.07, 6.45) is -3.53. The number of carbonyl (C=O) groups excluding carboxylic acids is 3. The Morgan fingerprint density at radius 2 is 1.71 bits per heavy atom. The molecule has 162 valence electrons. The van der Waals surface area contributed by atoms with E-state index in [1.807, 2.05) is 0 Å². The van der Waals surface area contributed by atoms with E-state index in [0.717, 1.165) is 11.0 Å². The van der Waals surface area contributed by atoms with E-state index in [1.54, 1.807) is 24.3 Å². The summed E-state index contributed by atoms with van der Waals surface area (Å²) in [5.74, 6) is -1.46. The Balaban J connectivity index is 1.24. The molecule has 10 heteroatoms. The number of pyridine rings is 1. The number of hydrogen-bond acceptors (Lipinski definition) is 5. The number of nitrogens with zero attached hydrogens (tertiary/aromatic N) is 3. The van der Waals surface area contributed by atoms with Crippen LogP contribution in [0.25, 0.3) is 0 Å². The van der Waals surface area contributed by atoms with Gasteiger partial charge in [-0.15, -0.1) is 0 Å². The highest BCUT2D eigenvalue weighted by Gasteiger charge is 2.39. The van der Waals surface area contributed by atoms with Gasteiger partial charge in [0.05, 0.1) is 24.2 Å². The molecule has 7 nitrogen and oxygen atoms in total. The van der Waals surface area contributed by atoms with E-state index in [4.69, 9.17) is 4.74 Å². The average Bonchev–Trinajstić information content (AvgIpc) is 2.95. The van der Waals surface area contributed by atoms with Crippen molar-refractivity contribution in [1.82, 2.24) is 14.8 Å². The van der Waals surface area contributed by atoms with Gasteiger partial charge in [-0.1, -0.05) is 12.1 Å². The summed E-state index contributed by atoms with van der Waals surface area (Å²) in [5, 5.41) is 0. The molecule has 0 aliphatic carbocycles. The van der Waals surface area contributed by atoms with Gasteiger partial charge in [0, 0.05) is 19.2 Å². The molecule has 4 rings (SSSR count). The van der Waals surface area contributed by atoms with Crippen LogP contribution < -0.4 is 4.74 Å². The fraction of sp³-hybridized carbons (Fsp3) is 0.333. The molecule has 2 aromatic rings. The van der Waals surface area contributed by atoms with E-state index >= 15 is 0 Å². The maximum atomic E-state index is 13.0. The first-order valence-electron chi connectivity index (χ1n) is 9.67. The second-order valence-corrected chi connectivity index (χ2v) is 7.30. The normalized spacial score (nSPS) is 16.4. The van der Waals surface area contributed by atoms with Gasteiger partial charge in [-0.2, -0.15) is 13.2 Å². The van der Waals surface area contributed by atoms with Crippen molar-refractivity contribution in [1.29, 1.82) is 0 Å². The second-order valence-electron chi connectivity index (χ2n) is 7.30. The zero-order valence-corrected chi connectivity index (χ0v) is 16.3. The number of fused-ring (bicyclic) bond motifs is 1. The number of hydrogen-bond donors (Lipinski definition) is 0. The van der Waals surface area contributed by atoms with Crippen molar-refractivity contribution in [3.8, 4) is 5.88 Å². The molecule has 3 amide bonds. The molecule has 0 atom stereocenters. The zero-order valence-electron chi connectivity index (χ0n) is 16.3. The topological polar surface area (TPSA) is 79.8 Å². The van der Waals surface area contributed by atoms with Crippen molar-refractivity contribution in [2.24, 2.45) is 0 Å². The lowest BCUT2D eigenvalue weighted by atomic mass is 10.1. The van der Waals surface area contributed by atoms with Crippen LogP contribution in [0.4, 0.5) is 13.2 Å². The first-order chi connectivity index (χ1) is 14.8. The number of ether oxygens (including phenoxy) is 1. The van der Waals surface area contributed by atoms with Crippen LogP contribution in [0, 0.1) is 0 Å². The van der Waals surface area contributed by atoms with Crippen molar-refractivity contribution in [2.75, 3.05) is 19.6 Å². The van der Waals surface area contributed by atoms with Crippen LogP contribution in [0.5, 0.6) is 5.88 Å². The van der Waals surface area contributed by atoms with Crippen LogP contribution in [0.15, 0.2) is 42.6 Å². The first kappa shape index (κ1) is 20.8. The Kier molecular flexibility index (Phi) is 5.38. The predicted octanol–water partition coefficient (Wildman–Crippen LogP) is 2.77.